The minimum Gasteiger partial charge on any atom is -0.481 e. The Hall–Kier alpha value is -1.59. The molecule has 2 unspecified atom stereocenters. The van der Waals surface area contributed by atoms with Crippen LogP contribution in [0, 0.1) is 11.8 Å². The van der Waals surface area contributed by atoms with Gasteiger partial charge >= 0.3 is 5.97 Å². The van der Waals surface area contributed by atoms with Gasteiger partial charge < -0.3 is 15.3 Å². The number of likely N-dealkylation sites (tertiary alicyclic amines) is 1. The smallest absolute Gasteiger partial charge is 0.303 e. The normalized spacial score (nSPS) is 22.7. The van der Waals surface area contributed by atoms with Gasteiger partial charge in [0.05, 0.1) is 0 Å². The lowest BCUT2D eigenvalue weighted by Gasteiger charge is -2.38. The van der Waals surface area contributed by atoms with Crippen LogP contribution in [0.1, 0.15) is 40.0 Å². The van der Waals surface area contributed by atoms with E-state index in [1.807, 2.05) is 13.8 Å². The minimum absolute atomic E-state index is 0.0302. The Morgan fingerprint density at radius 3 is 2.45 bits per heavy atom. The number of nitrogens with zero attached hydrogens (tertiary/aromatic N) is 1. The first-order chi connectivity index (χ1) is 9.29. The Morgan fingerprint density at radius 1 is 1.30 bits per heavy atom. The first-order valence-electron chi connectivity index (χ1n) is 7.07. The van der Waals surface area contributed by atoms with Crippen LogP contribution in [-0.2, 0) is 14.4 Å². The van der Waals surface area contributed by atoms with Gasteiger partial charge in [0.15, 0.2) is 0 Å². The highest BCUT2D eigenvalue weighted by molar-refractivity contribution is 5.78. The molecule has 0 radical (unpaired) electrons. The van der Waals surface area contributed by atoms with E-state index in [2.05, 4.69) is 5.32 Å². The summed E-state index contributed by atoms with van der Waals surface area (Å²) in [6, 6.07) is -0.0821. The summed E-state index contributed by atoms with van der Waals surface area (Å²) in [5.41, 5.74) is 0. The van der Waals surface area contributed by atoms with Gasteiger partial charge in [-0.2, -0.15) is 0 Å². The van der Waals surface area contributed by atoms with E-state index in [4.69, 9.17) is 5.11 Å². The molecule has 1 aliphatic rings. The number of carboxylic acids is 1. The first kappa shape index (κ1) is 16.5. The number of carboxylic acid groups (broad SMARTS) is 1. The Bertz CT molecular complexity index is 381. The van der Waals surface area contributed by atoms with Crippen LogP contribution in [0.2, 0.25) is 0 Å². The maximum atomic E-state index is 11.8. The summed E-state index contributed by atoms with van der Waals surface area (Å²) in [4.78, 5) is 35.6. The molecule has 6 heteroatoms. The third kappa shape index (κ3) is 5.19. The predicted octanol–water partition coefficient (Wildman–Crippen LogP) is 0.860. The maximum Gasteiger partial charge on any atom is 0.303 e. The van der Waals surface area contributed by atoms with E-state index in [1.165, 1.54) is 6.92 Å². The van der Waals surface area contributed by atoms with Crippen LogP contribution in [0.15, 0.2) is 0 Å². The fourth-order valence-electron chi connectivity index (χ4n) is 2.47. The molecule has 1 heterocycles. The predicted molar refractivity (Wildman–Crippen MR) is 74.0 cm³/mol. The topological polar surface area (TPSA) is 86.7 Å². The Kier molecular flexibility index (Phi) is 5.98. The van der Waals surface area contributed by atoms with Crippen molar-refractivity contribution < 1.29 is 19.5 Å². The lowest BCUT2D eigenvalue weighted by atomic mass is 9.90. The minimum atomic E-state index is -0.826. The van der Waals surface area contributed by atoms with Crippen molar-refractivity contribution in [2.24, 2.45) is 11.8 Å². The summed E-state index contributed by atoms with van der Waals surface area (Å²) < 4.78 is 0. The van der Waals surface area contributed by atoms with Crippen LogP contribution in [-0.4, -0.2) is 46.9 Å². The highest BCUT2D eigenvalue weighted by Crippen LogP contribution is 2.22. The van der Waals surface area contributed by atoms with Crippen molar-refractivity contribution in [3.05, 3.63) is 0 Å². The van der Waals surface area contributed by atoms with E-state index in [-0.39, 0.29) is 36.1 Å². The van der Waals surface area contributed by atoms with Crippen molar-refractivity contribution in [2.75, 3.05) is 13.1 Å². The largest absolute Gasteiger partial charge is 0.481 e. The van der Waals surface area contributed by atoms with Gasteiger partial charge in [-0.1, -0.05) is 13.8 Å². The van der Waals surface area contributed by atoms with E-state index in [0.717, 1.165) is 6.42 Å². The summed E-state index contributed by atoms with van der Waals surface area (Å²) in [7, 11) is 0. The molecule has 1 rings (SSSR count). The number of nitrogens with one attached hydrogen (secondary N) is 1. The molecule has 0 aromatic rings. The zero-order valence-corrected chi connectivity index (χ0v) is 12.4. The summed E-state index contributed by atoms with van der Waals surface area (Å²) in [6.45, 7) is 6.24. The number of rotatable bonds is 5. The van der Waals surface area contributed by atoms with Gasteiger partial charge in [-0.25, -0.2) is 0 Å². The average Bonchev–Trinajstić information content (AvgIpc) is 2.35. The second kappa shape index (κ2) is 7.26. The standard InChI is InChI=1S/C14H24N2O4/c1-9(2)14(20)15-12-6-11(4-5-13(18)19)7-16(8-12)10(3)17/h9,11-12H,4-8H2,1-3H3,(H,15,20)(H,18,19). The second-order valence-corrected chi connectivity index (χ2v) is 5.82. The molecular formula is C14H24N2O4. The van der Waals surface area contributed by atoms with E-state index in [1.54, 1.807) is 4.90 Å². The Labute approximate surface area is 119 Å². The van der Waals surface area contributed by atoms with Crippen LogP contribution in [0.25, 0.3) is 0 Å². The van der Waals surface area contributed by atoms with Crippen molar-refractivity contribution in [3.63, 3.8) is 0 Å². The molecule has 0 aromatic heterocycles. The summed E-state index contributed by atoms with van der Waals surface area (Å²) >= 11 is 0. The number of amides is 2. The zero-order chi connectivity index (χ0) is 15.3. The van der Waals surface area contributed by atoms with Crippen LogP contribution in [0.3, 0.4) is 0 Å². The summed E-state index contributed by atoms with van der Waals surface area (Å²) in [5.74, 6) is -0.861. The monoisotopic (exact) mass is 284 g/mol. The molecule has 1 aliphatic heterocycles. The molecular weight excluding hydrogens is 260 g/mol. The van der Waals surface area contributed by atoms with Crippen molar-refractivity contribution >= 4 is 17.8 Å². The molecule has 2 N–H and O–H groups in total. The van der Waals surface area contributed by atoms with Gasteiger partial charge in [0.1, 0.15) is 0 Å². The lowest BCUT2D eigenvalue weighted by molar-refractivity contribution is -0.137. The number of hydrogen-bond acceptors (Lipinski definition) is 3. The SMILES string of the molecule is CC(=O)N1CC(CCC(=O)O)CC(NC(=O)C(C)C)C1. The third-order valence-electron chi connectivity index (χ3n) is 3.62. The number of hydrogen-bond donors (Lipinski definition) is 2. The molecule has 0 aromatic carbocycles. The first-order valence-corrected chi connectivity index (χ1v) is 7.07. The Morgan fingerprint density at radius 2 is 1.95 bits per heavy atom. The van der Waals surface area contributed by atoms with E-state index < -0.39 is 5.97 Å². The zero-order valence-electron chi connectivity index (χ0n) is 12.4. The quantitative estimate of drug-likeness (QED) is 0.784. The lowest BCUT2D eigenvalue weighted by Crippen LogP contribution is -2.52. The number of carbonyl (C=O) groups is 3. The molecule has 114 valence electrons. The molecule has 0 bridgehead atoms. The fraction of sp³-hybridized carbons (Fsp3) is 0.786. The van der Waals surface area contributed by atoms with Crippen molar-refractivity contribution in [1.82, 2.24) is 10.2 Å². The van der Waals surface area contributed by atoms with Crippen molar-refractivity contribution in [2.45, 2.75) is 46.1 Å². The number of carbonyl (C=O) groups excluding carboxylic acids is 2. The highest BCUT2D eigenvalue weighted by atomic mass is 16.4. The molecule has 20 heavy (non-hydrogen) atoms. The van der Waals surface area contributed by atoms with Gasteiger partial charge in [0.2, 0.25) is 11.8 Å². The molecule has 2 amide bonds. The molecule has 1 fully saturated rings. The molecule has 1 saturated heterocycles. The van der Waals surface area contributed by atoms with Crippen molar-refractivity contribution in [3.8, 4) is 0 Å². The van der Waals surface area contributed by atoms with E-state index >= 15 is 0 Å². The number of piperidine rings is 1. The molecule has 6 nitrogen and oxygen atoms in total. The number of aliphatic carboxylic acids is 1. The van der Waals surface area contributed by atoms with Crippen LogP contribution in [0.5, 0.6) is 0 Å². The molecule has 0 saturated carbocycles. The third-order valence-corrected chi connectivity index (χ3v) is 3.62. The molecule has 0 spiro atoms. The van der Waals surface area contributed by atoms with E-state index in [0.29, 0.717) is 19.5 Å². The second-order valence-electron chi connectivity index (χ2n) is 5.82. The fourth-order valence-corrected chi connectivity index (χ4v) is 2.47. The van der Waals surface area contributed by atoms with Gasteiger partial charge in [-0.3, -0.25) is 14.4 Å². The van der Waals surface area contributed by atoms with Gasteiger partial charge in [-0.05, 0) is 18.8 Å². The Balaban J connectivity index is 2.62. The summed E-state index contributed by atoms with van der Waals surface area (Å²) in [5, 5.41) is 11.7. The molecule has 2 atom stereocenters. The van der Waals surface area contributed by atoms with Gasteiger partial charge in [0.25, 0.3) is 0 Å². The summed E-state index contributed by atoms with van der Waals surface area (Å²) in [6.07, 6.45) is 1.37. The van der Waals surface area contributed by atoms with E-state index in [9.17, 15) is 14.4 Å². The van der Waals surface area contributed by atoms with Crippen LogP contribution < -0.4 is 5.32 Å². The van der Waals surface area contributed by atoms with Crippen LogP contribution >= 0.6 is 0 Å². The van der Waals surface area contributed by atoms with Crippen LogP contribution in [0.4, 0.5) is 0 Å². The van der Waals surface area contributed by atoms with Gasteiger partial charge in [0, 0.05) is 38.4 Å². The van der Waals surface area contributed by atoms with Crippen molar-refractivity contribution in [1.29, 1.82) is 0 Å². The van der Waals surface area contributed by atoms with Gasteiger partial charge in [-0.15, -0.1) is 0 Å². The highest BCUT2D eigenvalue weighted by Gasteiger charge is 2.30. The maximum absolute atomic E-state index is 11.8. The molecule has 0 aliphatic carbocycles. The average molecular weight is 284 g/mol.